The highest BCUT2D eigenvalue weighted by Gasteiger charge is 2.20. The molecule has 3 aromatic rings. The van der Waals surface area contributed by atoms with Gasteiger partial charge in [-0.2, -0.15) is 0 Å². The Balaban J connectivity index is 1.27. The highest BCUT2D eigenvalue weighted by atomic mass is 16.5. The number of aryl methyl sites for hydroxylation is 1. The number of carbonyl (C=O) groups is 2. The molecular weight excluding hydrogens is 552 g/mol. The quantitative estimate of drug-likeness (QED) is 0.173. The Morgan fingerprint density at radius 1 is 0.841 bits per heavy atom. The predicted molar refractivity (Wildman–Crippen MR) is 178 cm³/mol. The molecule has 0 saturated carbocycles. The van der Waals surface area contributed by atoms with Crippen molar-refractivity contribution in [1.29, 1.82) is 0 Å². The van der Waals surface area contributed by atoms with Crippen molar-refractivity contribution in [3.63, 3.8) is 0 Å². The summed E-state index contributed by atoms with van der Waals surface area (Å²) in [7, 11) is 0. The minimum atomic E-state index is -0.204. The van der Waals surface area contributed by atoms with Crippen LogP contribution in [0, 0.1) is 0 Å². The molecule has 1 aliphatic rings. The summed E-state index contributed by atoms with van der Waals surface area (Å²) < 4.78 is 12.3. The number of amides is 3. The second-order valence-electron chi connectivity index (χ2n) is 11.4. The largest absolute Gasteiger partial charge is 0.490 e. The summed E-state index contributed by atoms with van der Waals surface area (Å²) in [5.74, 6) is 2.00. The van der Waals surface area contributed by atoms with Crippen LogP contribution < -0.4 is 25.4 Å². The highest BCUT2D eigenvalue weighted by Crippen LogP contribution is 2.29. The molecule has 1 aliphatic heterocycles. The summed E-state index contributed by atoms with van der Waals surface area (Å²) in [5, 5.41) is 8.87. The van der Waals surface area contributed by atoms with E-state index in [1.54, 1.807) is 12.1 Å². The maximum absolute atomic E-state index is 12.9. The fourth-order valence-corrected chi connectivity index (χ4v) is 5.32. The van der Waals surface area contributed by atoms with Gasteiger partial charge in [0.25, 0.3) is 5.91 Å². The number of unbranched alkanes of at least 4 members (excludes halogenated alkanes) is 1. The molecule has 236 valence electrons. The number of hydrogen-bond donors (Lipinski definition) is 3. The number of nitrogens with zero attached hydrogens (tertiary/aromatic N) is 1. The Bertz CT molecular complexity index is 1330. The molecule has 3 amide bonds. The molecule has 0 atom stereocenters. The highest BCUT2D eigenvalue weighted by molar-refractivity contribution is 6.04. The normalized spacial score (nSPS) is 13.8. The Morgan fingerprint density at radius 3 is 2.14 bits per heavy atom. The number of ether oxygens (including phenoxy) is 2. The summed E-state index contributed by atoms with van der Waals surface area (Å²) in [6.07, 6.45) is 7.29. The first-order chi connectivity index (χ1) is 21.4. The second kappa shape index (κ2) is 16.7. The first kappa shape index (κ1) is 32.9. The summed E-state index contributed by atoms with van der Waals surface area (Å²) in [5.41, 5.74) is 2.95. The van der Waals surface area contributed by atoms with Gasteiger partial charge in [-0.05, 0) is 117 Å². The molecular formula is C36H48N4O4. The third-order valence-corrected chi connectivity index (χ3v) is 8.14. The van der Waals surface area contributed by atoms with Gasteiger partial charge in [0, 0.05) is 36.1 Å². The lowest BCUT2D eigenvalue weighted by molar-refractivity contribution is 0.0996. The first-order valence-corrected chi connectivity index (χ1v) is 16.2. The fraction of sp³-hybridized carbons (Fsp3) is 0.444. The van der Waals surface area contributed by atoms with E-state index < -0.39 is 0 Å². The van der Waals surface area contributed by atoms with Crippen LogP contribution in [0.5, 0.6) is 17.2 Å². The third kappa shape index (κ3) is 9.74. The molecule has 4 rings (SSSR count). The number of nitrogens with one attached hydrogen (secondary N) is 3. The number of anilines is 2. The Hall–Kier alpha value is -4.04. The van der Waals surface area contributed by atoms with E-state index >= 15 is 0 Å². The average molecular weight is 601 g/mol. The molecule has 3 aromatic carbocycles. The Kier molecular flexibility index (Phi) is 12.5. The van der Waals surface area contributed by atoms with Crippen molar-refractivity contribution in [2.24, 2.45) is 0 Å². The lowest BCUT2D eigenvalue weighted by Crippen LogP contribution is -2.38. The summed E-state index contributed by atoms with van der Waals surface area (Å²) in [6, 6.07) is 20.2. The van der Waals surface area contributed by atoms with Crippen LogP contribution in [0.2, 0.25) is 0 Å². The molecule has 1 saturated heterocycles. The molecule has 8 nitrogen and oxygen atoms in total. The Morgan fingerprint density at radius 2 is 1.50 bits per heavy atom. The van der Waals surface area contributed by atoms with Gasteiger partial charge in [0.05, 0.1) is 0 Å². The maximum atomic E-state index is 12.9. The van der Waals surface area contributed by atoms with Gasteiger partial charge in [0.15, 0.2) is 0 Å². The molecule has 1 heterocycles. The molecule has 0 aromatic heterocycles. The van der Waals surface area contributed by atoms with Crippen LogP contribution in [0.1, 0.15) is 82.1 Å². The van der Waals surface area contributed by atoms with Crippen molar-refractivity contribution >= 4 is 23.3 Å². The zero-order valence-corrected chi connectivity index (χ0v) is 26.7. The van der Waals surface area contributed by atoms with Crippen molar-refractivity contribution in [2.75, 3.05) is 30.3 Å². The van der Waals surface area contributed by atoms with E-state index in [2.05, 4.69) is 41.6 Å². The topological polar surface area (TPSA) is 91.9 Å². The smallest absolute Gasteiger partial charge is 0.319 e. The number of rotatable bonds is 14. The van der Waals surface area contributed by atoms with Crippen LogP contribution in [-0.4, -0.2) is 48.6 Å². The van der Waals surface area contributed by atoms with Crippen LogP contribution in [-0.2, 0) is 6.42 Å². The van der Waals surface area contributed by atoms with Gasteiger partial charge in [-0.15, -0.1) is 0 Å². The van der Waals surface area contributed by atoms with Gasteiger partial charge in [0.2, 0.25) is 0 Å². The van der Waals surface area contributed by atoms with E-state index in [0.717, 1.165) is 67.9 Å². The van der Waals surface area contributed by atoms with Gasteiger partial charge in [0.1, 0.15) is 23.4 Å². The van der Waals surface area contributed by atoms with Gasteiger partial charge >= 0.3 is 6.03 Å². The lowest BCUT2D eigenvalue weighted by Gasteiger charge is -2.32. The maximum Gasteiger partial charge on any atom is 0.319 e. The van der Waals surface area contributed by atoms with E-state index in [1.165, 1.54) is 19.4 Å². The molecule has 0 aliphatic carbocycles. The van der Waals surface area contributed by atoms with E-state index in [4.69, 9.17) is 9.47 Å². The van der Waals surface area contributed by atoms with Gasteiger partial charge in [-0.1, -0.05) is 34.1 Å². The predicted octanol–water partition coefficient (Wildman–Crippen LogP) is 8.25. The molecule has 0 unspecified atom stereocenters. The second-order valence-corrected chi connectivity index (χ2v) is 11.4. The Labute approximate surface area is 262 Å². The SMILES string of the molecule is CCCCN1CCC(Oc2ccc(C(=O)Nc3ccc(Oc4ccc(NC(=O)NC(CC)CC)cc4CC)cc3)cc2)CC1. The molecule has 8 heteroatoms. The third-order valence-electron chi connectivity index (χ3n) is 8.14. The number of piperidine rings is 1. The molecule has 0 radical (unpaired) electrons. The zero-order chi connectivity index (χ0) is 31.3. The number of carbonyl (C=O) groups excluding carboxylic acids is 2. The van der Waals surface area contributed by atoms with Crippen LogP contribution in [0.3, 0.4) is 0 Å². The van der Waals surface area contributed by atoms with Crippen LogP contribution in [0.25, 0.3) is 0 Å². The first-order valence-electron chi connectivity index (χ1n) is 16.2. The van der Waals surface area contributed by atoms with Crippen molar-refractivity contribution in [2.45, 2.75) is 84.8 Å². The van der Waals surface area contributed by atoms with Gasteiger partial charge in [-0.3, -0.25) is 4.79 Å². The van der Waals surface area contributed by atoms with E-state index in [0.29, 0.717) is 17.0 Å². The van der Waals surface area contributed by atoms with E-state index in [-0.39, 0.29) is 24.1 Å². The number of benzene rings is 3. The van der Waals surface area contributed by atoms with Gasteiger partial charge < -0.3 is 30.3 Å². The lowest BCUT2D eigenvalue weighted by atomic mass is 10.1. The van der Waals surface area contributed by atoms with E-state index in [9.17, 15) is 9.59 Å². The average Bonchev–Trinajstić information content (AvgIpc) is 3.05. The van der Waals surface area contributed by atoms with Crippen LogP contribution in [0.15, 0.2) is 66.7 Å². The fourth-order valence-electron chi connectivity index (χ4n) is 5.32. The minimum absolute atomic E-state index is 0.157. The molecule has 44 heavy (non-hydrogen) atoms. The molecule has 3 N–H and O–H groups in total. The molecule has 0 spiro atoms. The number of urea groups is 1. The van der Waals surface area contributed by atoms with E-state index in [1.807, 2.05) is 61.5 Å². The van der Waals surface area contributed by atoms with Gasteiger partial charge in [-0.25, -0.2) is 4.79 Å². The summed E-state index contributed by atoms with van der Waals surface area (Å²) >= 11 is 0. The summed E-state index contributed by atoms with van der Waals surface area (Å²) in [6.45, 7) is 11.7. The van der Waals surface area contributed by atoms with Crippen LogP contribution in [0.4, 0.5) is 16.2 Å². The standard InChI is InChI=1S/C36H48N4O4/c1-5-9-22-40-23-20-33(21-24-40)43-31-15-10-27(11-16-31)35(41)37-29-12-17-32(18-13-29)44-34-19-14-30(25-26(34)6-2)39-36(42)38-28(7-3)8-4/h10-19,25,28,33H,5-9,20-24H2,1-4H3,(H,37,41)(H2,38,39,42). The number of hydrogen-bond acceptors (Lipinski definition) is 5. The molecule has 1 fully saturated rings. The van der Waals surface area contributed by atoms with Crippen molar-refractivity contribution in [1.82, 2.24) is 10.2 Å². The minimum Gasteiger partial charge on any atom is -0.490 e. The monoisotopic (exact) mass is 600 g/mol. The van der Waals surface area contributed by atoms with Crippen molar-refractivity contribution in [3.8, 4) is 17.2 Å². The number of likely N-dealkylation sites (tertiary alicyclic amines) is 1. The zero-order valence-electron chi connectivity index (χ0n) is 26.7. The van der Waals surface area contributed by atoms with Crippen molar-refractivity contribution < 1.29 is 19.1 Å². The summed E-state index contributed by atoms with van der Waals surface area (Å²) in [4.78, 5) is 27.7. The van der Waals surface area contributed by atoms with Crippen LogP contribution >= 0.6 is 0 Å². The molecule has 0 bridgehead atoms. The van der Waals surface area contributed by atoms with Crippen molar-refractivity contribution in [3.05, 3.63) is 77.9 Å².